The summed E-state index contributed by atoms with van der Waals surface area (Å²) in [5.41, 5.74) is 3.47. The van der Waals surface area contributed by atoms with Gasteiger partial charge in [0.1, 0.15) is 18.3 Å². The summed E-state index contributed by atoms with van der Waals surface area (Å²) in [7, 11) is 3.18. The number of carbonyl (C=O) groups is 2. The molecule has 2 atom stereocenters. The van der Waals surface area contributed by atoms with Gasteiger partial charge in [-0.1, -0.05) is 23.7 Å². The summed E-state index contributed by atoms with van der Waals surface area (Å²) in [5.74, 6) is 0.450. The summed E-state index contributed by atoms with van der Waals surface area (Å²) in [5, 5.41) is 0.580. The summed E-state index contributed by atoms with van der Waals surface area (Å²) >= 11 is 6.42. The van der Waals surface area contributed by atoms with Gasteiger partial charge in [0.25, 0.3) is 0 Å². The fraction of sp³-hybridized carbons (Fsp3) is 0.333. The second kappa shape index (κ2) is 11.0. The van der Waals surface area contributed by atoms with Crippen LogP contribution in [0, 0.1) is 0 Å². The highest BCUT2D eigenvalue weighted by Gasteiger charge is 2.33. The Morgan fingerprint density at radius 2 is 1.89 bits per heavy atom. The number of hydrogen-bond acceptors (Lipinski definition) is 6. The van der Waals surface area contributed by atoms with Crippen LogP contribution in [0.25, 0.3) is 5.69 Å². The first-order chi connectivity index (χ1) is 17.0. The highest BCUT2D eigenvalue weighted by atomic mass is 35.5. The summed E-state index contributed by atoms with van der Waals surface area (Å²) in [6.45, 7) is 1.96. The highest BCUT2D eigenvalue weighted by Crippen LogP contribution is 2.46. The maximum Gasteiger partial charge on any atom is 0.313 e. The van der Waals surface area contributed by atoms with E-state index < -0.39 is 18.2 Å². The van der Waals surface area contributed by atoms with E-state index in [9.17, 15) is 9.59 Å². The minimum atomic E-state index is -0.543. The number of ketones is 1. The Bertz CT molecular complexity index is 1220. The molecule has 1 aliphatic rings. The van der Waals surface area contributed by atoms with E-state index in [1.807, 2.05) is 54.7 Å². The minimum Gasteiger partial charge on any atom is -0.493 e. The van der Waals surface area contributed by atoms with Crippen molar-refractivity contribution in [2.24, 2.45) is 0 Å². The maximum absolute atomic E-state index is 12.5. The van der Waals surface area contributed by atoms with Crippen LogP contribution in [0.4, 0.5) is 0 Å². The second-order valence-electron chi connectivity index (χ2n) is 8.15. The second-order valence-corrected chi connectivity index (χ2v) is 8.59. The number of aromatic nitrogens is 1. The van der Waals surface area contributed by atoms with Crippen molar-refractivity contribution < 1.29 is 28.5 Å². The Labute approximate surface area is 209 Å². The Balaban J connectivity index is 1.74. The molecule has 2 aromatic carbocycles. The molecule has 184 valence electrons. The van der Waals surface area contributed by atoms with Crippen LogP contribution >= 0.6 is 11.6 Å². The zero-order valence-electron chi connectivity index (χ0n) is 20.0. The van der Waals surface area contributed by atoms with Crippen LogP contribution in [0.15, 0.2) is 54.7 Å². The van der Waals surface area contributed by atoms with E-state index in [1.54, 1.807) is 21.1 Å². The largest absolute Gasteiger partial charge is 0.493 e. The number of benzene rings is 2. The Morgan fingerprint density at radius 1 is 1.06 bits per heavy atom. The maximum atomic E-state index is 12.5. The molecular weight excluding hydrogens is 470 g/mol. The summed E-state index contributed by atoms with van der Waals surface area (Å²) < 4.78 is 24.9. The van der Waals surface area contributed by atoms with Crippen LogP contribution in [-0.4, -0.2) is 37.1 Å². The topological polar surface area (TPSA) is 76.0 Å². The van der Waals surface area contributed by atoms with Crippen LogP contribution in [0.1, 0.15) is 55.2 Å². The zero-order valence-corrected chi connectivity index (χ0v) is 20.7. The van der Waals surface area contributed by atoms with E-state index in [2.05, 4.69) is 4.57 Å². The standard InChI is InChI=1S/C27H28ClNO6/c1-4-34-25(31)16-18(30)11-13-23-22-8-6-14-29(22)21-12-10-17(28)15-20(21)26(35-23)19-7-5-9-24(32-2)27(19)33-3/h5-10,12,14-15,23,26H,4,11,13,16H2,1-3H3/t23-,26-/m1/s1. The third-order valence-corrected chi connectivity index (χ3v) is 6.23. The van der Waals surface area contributed by atoms with Gasteiger partial charge < -0.3 is 23.5 Å². The number of ether oxygens (including phenoxy) is 4. The molecule has 4 rings (SSSR count). The minimum absolute atomic E-state index is 0.174. The molecule has 0 spiro atoms. The lowest BCUT2D eigenvalue weighted by Crippen LogP contribution is -2.15. The number of esters is 1. The number of para-hydroxylation sites is 1. The van der Waals surface area contributed by atoms with Gasteiger partial charge in [0.2, 0.25) is 0 Å². The molecule has 0 unspecified atom stereocenters. The molecule has 0 bridgehead atoms. The van der Waals surface area contributed by atoms with E-state index in [1.165, 1.54) is 0 Å². The number of hydrogen-bond donors (Lipinski definition) is 0. The SMILES string of the molecule is CCOC(=O)CC(=O)CC[C@H]1O[C@H](c2cccc(OC)c2OC)c2cc(Cl)ccc2-n2cccc21. The van der Waals surface area contributed by atoms with Crippen LogP contribution in [0.3, 0.4) is 0 Å². The average molecular weight is 498 g/mol. The molecule has 2 heterocycles. The van der Waals surface area contributed by atoms with E-state index in [0.717, 1.165) is 22.5 Å². The first-order valence-electron chi connectivity index (χ1n) is 11.5. The van der Waals surface area contributed by atoms with Crippen molar-refractivity contribution in [1.29, 1.82) is 0 Å². The number of Topliss-reactive ketones (excluding diaryl/α,β-unsaturated/α-hetero) is 1. The van der Waals surface area contributed by atoms with Gasteiger partial charge in [0.05, 0.1) is 38.3 Å². The van der Waals surface area contributed by atoms with Crippen LogP contribution in [0.5, 0.6) is 11.5 Å². The number of methoxy groups -OCH3 is 2. The molecule has 0 N–H and O–H groups in total. The van der Waals surface area contributed by atoms with Crippen molar-refractivity contribution in [2.45, 2.75) is 38.4 Å². The van der Waals surface area contributed by atoms with Gasteiger partial charge in [0.15, 0.2) is 11.5 Å². The van der Waals surface area contributed by atoms with Gasteiger partial charge in [-0.15, -0.1) is 0 Å². The lowest BCUT2D eigenvalue weighted by Gasteiger charge is -2.25. The molecule has 0 saturated carbocycles. The molecule has 35 heavy (non-hydrogen) atoms. The number of carbonyl (C=O) groups excluding carboxylic acids is 2. The number of fused-ring (bicyclic) bond motifs is 3. The monoisotopic (exact) mass is 497 g/mol. The predicted molar refractivity (Wildman–Crippen MR) is 131 cm³/mol. The van der Waals surface area contributed by atoms with Gasteiger partial charge in [-0.3, -0.25) is 9.59 Å². The quantitative estimate of drug-likeness (QED) is 0.282. The molecule has 1 aliphatic heterocycles. The Kier molecular flexibility index (Phi) is 7.78. The van der Waals surface area contributed by atoms with Crippen molar-refractivity contribution in [3.8, 4) is 17.2 Å². The molecule has 0 amide bonds. The lowest BCUT2D eigenvalue weighted by molar-refractivity contribution is -0.145. The van der Waals surface area contributed by atoms with Gasteiger partial charge in [-0.2, -0.15) is 0 Å². The van der Waals surface area contributed by atoms with E-state index in [4.69, 9.17) is 30.5 Å². The summed E-state index contributed by atoms with van der Waals surface area (Å²) in [6, 6.07) is 15.2. The molecule has 0 radical (unpaired) electrons. The number of rotatable bonds is 9. The molecular formula is C27H28ClNO6. The van der Waals surface area contributed by atoms with Crippen molar-refractivity contribution in [3.63, 3.8) is 0 Å². The van der Waals surface area contributed by atoms with Crippen molar-refractivity contribution in [2.75, 3.05) is 20.8 Å². The first kappa shape index (κ1) is 24.8. The fourth-order valence-corrected chi connectivity index (χ4v) is 4.65. The first-order valence-corrected chi connectivity index (χ1v) is 11.8. The molecule has 0 fully saturated rings. The number of halogens is 1. The normalized spacial score (nSPS) is 16.6. The molecule has 3 aromatic rings. The molecule has 7 nitrogen and oxygen atoms in total. The van der Waals surface area contributed by atoms with Gasteiger partial charge >= 0.3 is 5.97 Å². The molecule has 0 saturated heterocycles. The third-order valence-electron chi connectivity index (χ3n) is 5.99. The predicted octanol–water partition coefficient (Wildman–Crippen LogP) is 5.61. The Hall–Kier alpha value is -3.29. The van der Waals surface area contributed by atoms with Crippen LogP contribution in [-0.2, 0) is 19.1 Å². The number of nitrogens with zero attached hydrogens (tertiary/aromatic N) is 1. The van der Waals surface area contributed by atoms with Gasteiger partial charge in [-0.05, 0) is 49.7 Å². The van der Waals surface area contributed by atoms with Crippen molar-refractivity contribution >= 4 is 23.4 Å². The van der Waals surface area contributed by atoms with Crippen molar-refractivity contribution in [3.05, 3.63) is 76.6 Å². The average Bonchev–Trinajstić information content (AvgIpc) is 3.29. The molecule has 0 aliphatic carbocycles. The van der Waals surface area contributed by atoms with E-state index >= 15 is 0 Å². The van der Waals surface area contributed by atoms with Gasteiger partial charge in [0, 0.05) is 28.8 Å². The highest BCUT2D eigenvalue weighted by molar-refractivity contribution is 6.30. The molecule has 1 aromatic heterocycles. The summed E-state index contributed by atoms with van der Waals surface area (Å²) in [6.07, 6.45) is 1.32. The van der Waals surface area contributed by atoms with Crippen molar-refractivity contribution in [1.82, 2.24) is 4.57 Å². The van der Waals surface area contributed by atoms with Gasteiger partial charge in [-0.25, -0.2) is 0 Å². The lowest BCUT2D eigenvalue weighted by atomic mass is 9.98. The Morgan fingerprint density at radius 3 is 2.63 bits per heavy atom. The smallest absolute Gasteiger partial charge is 0.313 e. The fourth-order valence-electron chi connectivity index (χ4n) is 4.47. The zero-order chi connectivity index (χ0) is 24.9. The van der Waals surface area contributed by atoms with Crippen LogP contribution < -0.4 is 9.47 Å². The third kappa shape index (κ3) is 5.21. The van der Waals surface area contributed by atoms with Crippen LogP contribution in [0.2, 0.25) is 5.02 Å². The summed E-state index contributed by atoms with van der Waals surface area (Å²) in [4.78, 5) is 24.2. The molecule has 8 heteroatoms. The van der Waals surface area contributed by atoms with E-state index in [0.29, 0.717) is 22.9 Å². The van der Waals surface area contributed by atoms with E-state index in [-0.39, 0.29) is 25.2 Å².